The summed E-state index contributed by atoms with van der Waals surface area (Å²) < 4.78 is 12.1. The van der Waals surface area contributed by atoms with Gasteiger partial charge in [0.15, 0.2) is 0 Å². The third-order valence-electron chi connectivity index (χ3n) is 5.96. The molecule has 0 aromatic heterocycles. The first-order chi connectivity index (χ1) is 13.1. The third kappa shape index (κ3) is 14.6. The fourth-order valence-corrected chi connectivity index (χ4v) is 3.82. The molecule has 0 heterocycles. The van der Waals surface area contributed by atoms with E-state index in [-0.39, 0.29) is 5.41 Å². The maximum atomic E-state index is 6.37. The van der Waals surface area contributed by atoms with E-state index in [1.807, 2.05) is 0 Å². The molecule has 0 saturated carbocycles. The Bertz CT molecular complexity index is 393. The van der Waals surface area contributed by atoms with Gasteiger partial charge >= 0.3 is 0 Å². The molecule has 168 valence electrons. The average Bonchev–Trinajstić information content (AvgIpc) is 2.57. The minimum atomic E-state index is 0.258. The van der Waals surface area contributed by atoms with E-state index in [4.69, 9.17) is 9.47 Å². The fraction of sp³-hybridized carbons (Fsp3) is 0.923. The molecule has 0 radical (unpaired) electrons. The van der Waals surface area contributed by atoms with Crippen LogP contribution in [-0.4, -0.2) is 25.4 Å². The van der Waals surface area contributed by atoms with Gasteiger partial charge in [0.2, 0.25) is 0 Å². The monoisotopic (exact) mass is 396 g/mol. The number of hydrogen-bond donors (Lipinski definition) is 0. The lowest BCUT2D eigenvalue weighted by atomic mass is 9.79. The molecule has 0 rings (SSSR count). The van der Waals surface area contributed by atoms with Crippen molar-refractivity contribution in [3.63, 3.8) is 0 Å². The van der Waals surface area contributed by atoms with Crippen molar-refractivity contribution in [2.75, 3.05) is 13.2 Å². The first-order valence-corrected chi connectivity index (χ1v) is 11.9. The van der Waals surface area contributed by atoms with Gasteiger partial charge in [-0.2, -0.15) is 0 Å². The molecule has 0 N–H and O–H groups in total. The minimum absolute atomic E-state index is 0.258. The summed E-state index contributed by atoms with van der Waals surface area (Å²) in [5, 5.41) is 0. The maximum absolute atomic E-state index is 6.37. The molecule has 2 heteroatoms. The molecule has 3 atom stereocenters. The Morgan fingerprint density at radius 1 is 0.857 bits per heavy atom. The quantitative estimate of drug-likeness (QED) is 0.231. The van der Waals surface area contributed by atoms with Gasteiger partial charge in [-0.3, -0.25) is 0 Å². The van der Waals surface area contributed by atoms with E-state index in [9.17, 15) is 0 Å². The van der Waals surface area contributed by atoms with Crippen molar-refractivity contribution in [3.8, 4) is 0 Å². The van der Waals surface area contributed by atoms with Crippen molar-refractivity contribution >= 4 is 0 Å². The summed E-state index contributed by atoms with van der Waals surface area (Å²) in [6, 6.07) is 0. The molecular formula is C26H52O2. The van der Waals surface area contributed by atoms with E-state index in [0.717, 1.165) is 31.5 Å². The summed E-state index contributed by atoms with van der Waals surface area (Å²) in [5.74, 6) is 1.49. The maximum Gasteiger partial charge on any atom is 0.0623 e. The molecule has 0 bridgehead atoms. The number of allylic oxidation sites excluding steroid dienone is 2. The van der Waals surface area contributed by atoms with Gasteiger partial charge in [-0.1, -0.05) is 59.1 Å². The van der Waals surface area contributed by atoms with Crippen molar-refractivity contribution in [2.45, 2.75) is 126 Å². The molecule has 2 nitrogen and oxygen atoms in total. The lowest BCUT2D eigenvalue weighted by Crippen LogP contribution is -2.32. The molecule has 0 aromatic rings. The average molecular weight is 397 g/mol. The lowest BCUT2D eigenvalue weighted by Gasteiger charge is -2.34. The van der Waals surface area contributed by atoms with Gasteiger partial charge < -0.3 is 9.47 Å². The van der Waals surface area contributed by atoms with Crippen LogP contribution in [0.15, 0.2) is 11.6 Å². The van der Waals surface area contributed by atoms with Crippen LogP contribution < -0.4 is 0 Å². The predicted octanol–water partition coefficient (Wildman–Crippen LogP) is 8.20. The van der Waals surface area contributed by atoms with Crippen LogP contribution in [0.25, 0.3) is 0 Å². The Balaban J connectivity index is 4.12. The van der Waals surface area contributed by atoms with E-state index in [0.29, 0.717) is 12.2 Å². The smallest absolute Gasteiger partial charge is 0.0623 e. The number of ether oxygens (including phenoxy) is 2. The second-order valence-electron chi connectivity index (χ2n) is 10.2. The first-order valence-electron chi connectivity index (χ1n) is 11.9. The molecule has 0 aliphatic heterocycles. The van der Waals surface area contributed by atoms with E-state index in [1.165, 1.54) is 50.5 Å². The first kappa shape index (κ1) is 27.7. The zero-order chi connectivity index (χ0) is 21.6. The van der Waals surface area contributed by atoms with E-state index >= 15 is 0 Å². The van der Waals surface area contributed by atoms with Crippen LogP contribution in [0.1, 0.15) is 114 Å². The SMILES string of the molecule is CCC(OCCC(C)CCC=C(C)C)C(C)(C)CCCC(C)CCOC(C)C. The Kier molecular flexibility index (Phi) is 15.3. The van der Waals surface area contributed by atoms with Crippen LogP contribution >= 0.6 is 0 Å². The summed E-state index contributed by atoms with van der Waals surface area (Å²) in [6.45, 7) is 22.2. The van der Waals surface area contributed by atoms with Gasteiger partial charge in [0.25, 0.3) is 0 Å². The Labute approximate surface area is 177 Å². The van der Waals surface area contributed by atoms with Crippen LogP contribution in [0.4, 0.5) is 0 Å². The highest BCUT2D eigenvalue weighted by Crippen LogP contribution is 2.33. The summed E-state index contributed by atoms with van der Waals surface area (Å²) in [6.07, 6.45) is 12.8. The van der Waals surface area contributed by atoms with E-state index in [2.05, 4.69) is 68.4 Å². The lowest BCUT2D eigenvalue weighted by molar-refractivity contribution is -0.0369. The highest BCUT2D eigenvalue weighted by molar-refractivity contribution is 4.92. The summed E-state index contributed by atoms with van der Waals surface area (Å²) in [4.78, 5) is 0. The Morgan fingerprint density at radius 2 is 1.43 bits per heavy atom. The van der Waals surface area contributed by atoms with Crippen molar-refractivity contribution < 1.29 is 9.47 Å². The summed E-state index contributed by atoms with van der Waals surface area (Å²) >= 11 is 0. The van der Waals surface area contributed by atoms with Crippen molar-refractivity contribution in [3.05, 3.63) is 11.6 Å². The number of rotatable bonds is 17. The van der Waals surface area contributed by atoms with Crippen molar-refractivity contribution in [1.29, 1.82) is 0 Å². The van der Waals surface area contributed by atoms with Gasteiger partial charge in [-0.15, -0.1) is 0 Å². The van der Waals surface area contributed by atoms with Crippen LogP contribution in [0, 0.1) is 17.3 Å². The largest absolute Gasteiger partial charge is 0.379 e. The van der Waals surface area contributed by atoms with E-state index in [1.54, 1.807) is 0 Å². The molecule has 0 aromatic carbocycles. The second kappa shape index (κ2) is 15.5. The van der Waals surface area contributed by atoms with Crippen LogP contribution in [-0.2, 0) is 9.47 Å². The van der Waals surface area contributed by atoms with Crippen LogP contribution in [0.5, 0.6) is 0 Å². The zero-order valence-electron chi connectivity index (χ0n) is 20.8. The van der Waals surface area contributed by atoms with Gasteiger partial charge in [-0.05, 0) is 83.5 Å². The summed E-state index contributed by atoms with van der Waals surface area (Å²) in [5.41, 5.74) is 1.69. The highest BCUT2D eigenvalue weighted by Gasteiger charge is 2.28. The molecular weight excluding hydrogens is 344 g/mol. The standard InChI is InChI=1S/C26H52O2/c1-10-25(28-20-17-23(6)14-11-13-21(2)3)26(8,9)18-12-15-24(7)16-19-27-22(4)5/h13,22-25H,10-12,14-20H2,1-9H3. The zero-order valence-corrected chi connectivity index (χ0v) is 20.8. The van der Waals surface area contributed by atoms with Gasteiger partial charge in [0.05, 0.1) is 12.2 Å². The normalized spacial score (nSPS) is 15.5. The Hall–Kier alpha value is -0.340. The third-order valence-corrected chi connectivity index (χ3v) is 5.96. The molecule has 0 aliphatic rings. The van der Waals surface area contributed by atoms with Crippen molar-refractivity contribution in [1.82, 2.24) is 0 Å². The highest BCUT2D eigenvalue weighted by atomic mass is 16.5. The van der Waals surface area contributed by atoms with Crippen LogP contribution in [0.2, 0.25) is 0 Å². The molecule has 3 unspecified atom stereocenters. The fourth-order valence-electron chi connectivity index (χ4n) is 3.82. The van der Waals surface area contributed by atoms with Crippen LogP contribution in [0.3, 0.4) is 0 Å². The molecule has 0 spiro atoms. The van der Waals surface area contributed by atoms with Gasteiger partial charge in [-0.25, -0.2) is 0 Å². The molecule has 0 aliphatic carbocycles. The summed E-state index contributed by atoms with van der Waals surface area (Å²) in [7, 11) is 0. The minimum Gasteiger partial charge on any atom is -0.379 e. The molecule has 0 amide bonds. The van der Waals surface area contributed by atoms with Gasteiger partial charge in [0, 0.05) is 13.2 Å². The second-order valence-corrected chi connectivity index (χ2v) is 10.2. The molecule has 0 saturated heterocycles. The van der Waals surface area contributed by atoms with Gasteiger partial charge in [0.1, 0.15) is 0 Å². The molecule has 28 heavy (non-hydrogen) atoms. The van der Waals surface area contributed by atoms with Crippen molar-refractivity contribution in [2.24, 2.45) is 17.3 Å². The molecule has 0 fully saturated rings. The topological polar surface area (TPSA) is 18.5 Å². The number of hydrogen-bond acceptors (Lipinski definition) is 2. The van der Waals surface area contributed by atoms with E-state index < -0.39 is 0 Å². The Morgan fingerprint density at radius 3 is 1.96 bits per heavy atom. The predicted molar refractivity (Wildman–Crippen MR) is 125 cm³/mol.